The van der Waals surface area contributed by atoms with E-state index in [0.29, 0.717) is 0 Å². The van der Waals surface area contributed by atoms with E-state index in [9.17, 15) is 4.79 Å². The minimum atomic E-state index is 0.0699. The number of amides is 1. The summed E-state index contributed by atoms with van der Waals surface area (Å²) in [6.45, 7) is 4.42. The van der Waals surface area contributed by atoms with Crippen molar-refractivity contribution in [3.63, 3.8) is 0 Å². The summed E-state index contributed by atoms with van der Waals surface area (Å²) in [5.41, 5.74) is 0. The second kappa shape index (κ2) is 6.57. The van der Waals surface area contributed by atoms with Gasteiger partial charge in [0.25, 0.3) is 5.91 Å². The van der Waals surface area contributed by atoms with Gasteiger partial charge in [-0.1, -0.05) is 6.08 Å². The van der Waals surface area contributed by atoms with Gasteiger partial charge in [0.05, 0.1) is 8.66 Å². The lowest BCUT2D eigenvalue weighted by atomic mass is 10.3. The van der Waals surface area contributed by atoms with Crippen molar-refractivity contribution in [1.29, 1.82) is 0 Å². The molecule has 0 radical (unpaired) electrons. The van der Waals surface area contributed by atoms with E-state index in [1.54, 1.807) is 4.90 Å². The van der Waals surface area contributed by atoms with Crippen molar-refractivity contribution in [2.45, 2.75) is 12.8 Å². The van der Waals surface area contributed by atoms with Gasteiger partial charge in [-0.25, -0.2) is 0 Å². The highest BCUT2D eigenvalue weighted by Gasteiger charge is 2.15. The molecule has 1 aromatic rings. The van der Waals surface area contributed by atoms with Crippen molar-refractivity contribution >= 4 is 49.1 Å². The second-order valence-electron chi connectivity index (χ2n) is 3.39. The first kappa shape index (κ1) is 13.9. The molecular formula is C11H13Br2NOS. The first-order valence-corrected chi connectivity index (χ1v) is 7.27. The van der Waals surface area contributed by atoms with Crippen LogP contribution in [0.2, 0.25) is 0 Å². The molecule has 0 aliphatic carbocycles. The number of carbonyl (C=O) groups is 1. The lowest BCUT2D eigenvalue weighted by molar-refractivity contribution is 0.0798. The Kier molecular flexibility index (Phi) is 5.72. The highest BCUT2D eigenvalue weighted by atomic mass is 79.9. The van der Waals surface area contributed by atoms with E-state index in [4.69, 9.17) is 0 Å². The Morgan fingerprint density at radius 2 is 2.31 bits per heavy atom. The molecule has 0 fully saturated rings. The Hall–Kier alpha value is -0.130. The number of rotatable bonds is 5. The van der Waals surface area contributed by atoms with Crippen molar-refractivity contribution < 1.29 is 4.79 Å². The Bertz CT molecular complexity index is 370. The summed E-state index contributed by atoms with van der Waals surface area (Å²) < 4.78 is 1.88. The number of halogens is 2. The molecule has 0 saturated carbocycles. The van der Waals surface area contributed by atoms with Gasteiger partial charge in [-0.15, -0.1) is 17.9 Å². The van der Waals surface area contributed by atoms with Crippen LogP contribution in [0.3, 0.4) is 0 Å². The molecule has 16 heavy (non-hydrogen) atoms. The summed E-state index contributed by atoms with van der Waals surface area (Å²) in [7, 11) is 1.83. The molecule has 0 aliphatic heterocycles. The minimum Gasteiger partial charge on any atom is -0.341 e. The van der Waals surface area contributed by atoms with Gasteiger partial charge in [-0.2, -0.15) is 0 Å². The first-order chi connectivity index (χ1) is 7.56. The van der Waals surface area contributed by atoms with E-state index in [2.05, 4.69) is 38.4 Å². The molecule has 0 N–H and O–H groups in total. The first-order valence-electron chi connectivity index (χ1n) is 4.87. The zero-order valence-electron chi connectivity index (χ0n) is 9.00. The Balaban J connectivity index is 2.59. The van der Waals surface area contributed by atoms with E-state index < -0.39 is 0 Å². The predicted molar refractivity (Wildman–Crippen MR) is 76.1 cm³/mol. The molecule has 1 heterocycles. The van der Waals surface area contributed by atoms with Gasteiger partial charge < -0.3 is 4.90 Å². The summed E-state index contributed by atoms with van der Waals surface area (Å²) >= 11 is 8.21. The van der Waals surface area contributed by atoms with Crippen LogP contribution in [0.5, 0.6) is 0 Å². The van der Waals surface area contributed by atoms with Crippen LogP contribution in [-0.4, -0.2) is 24.4 Å². The zero-order chi connectivity index (χ0) is 12.1. The molecule has 0 spiro atoms. The molecular weight excluding hydrogens is 354 g/mol. The van der Waals surface area contributed by atoms with E-state index in [0.717, 1.165) is 32.5 Å². The monoisotopic (exact) mass is 365 g/mol. The third-order valence-electron chi connectivity index (χ3n) is 2.10. The Labute approximate surface area is 117 Å². The fourth-order valence-corrected chi connectivity index (χ4v) is 3.24. The summed E-state index contributed by atoms with van der Waals surface area (Å²) in [4.78, 5) is 14.5. The van der Waals surface area contributed by atoms with Gasteiger partial charge in [-0.05, 0) is 50.8 Å². The highest BCUT2D eigenvalue weighted by molar-refractivity contribution is 9.13. The molecule has 0 aliphatic rings. The van der Waals surface area contributed by atoms with E-state index in [1.807, 2.05) is 19.2 Å². The van der Waals surface area contributed by atoms with E-state index >= 15 is 0 Å². The Morgan fingerprint density at radius 1 is 1.62 bits per heavy atom. The quantitative estimate of drug-likeness (QED) is 0.561. The molecule has 0 saturated heterocycles. The maximum atomic E-state index is 12.0. The number of hydrogen-bond donors (Lipinski definition) is 0. The van der Waals surface area contributed by atoms with Crippen molar-refractivity contribution in [1.82, 2.24) is 4.90 Å². The zero-order valence-corrected chi connectivity index (χ0v) is 13.0. The third kappa shape index (κ3) is 3.71. The van der Waals surface area contributed by atoms with Crippen LogP contribution in [0.1, 0.15) is 22.5 Å². The van der Waals surface area contributed by atoms with E-state index in [1.165, 1.54) is 11.3 Å². The van der Waals surface area contributed by atoms with Crippen molar-refractivity contribution in [3.8, 4) is 0 Å². The molecule has 0 unspecified atom stereocenters. The van der Waals surface area contributed by atoms with Crippen LogP contribution in [-0.2, 0) is 0 Å². The summed E-state index contributed by atoms with van der Waals surface area (Å²) in [6.07, 6.45) is 3.77. The topological polar surface area (TPSA) is 20.3 Å². The summed E-state index contributed by atoms with van der Waals surface area (Å²) in [5.74, 6) is 0.0699. The van der Waals surface area contributed by atoms with Crippen molar-refractivity contribution in [3.05, 3.63) is 31.9 Å². The molecule has 88 valence electrons. The molecule has 0 atom stereocenters. The molecule has 1 aromatic heterocycles. The lowest BCUT2D eigenvalue weighted by Crippen LogP contribution is -2.26. The third-order valence-corrected chi connectivity index (χ3v) is 5.35. The number of unbranched alkanes of at least 4 members (excludes halogenated alkanes) is 1. The van der Waals surface area contributed by atoms with Crippen LogP contribution in [0, 0.1) is 0 Å². The van der Waals surface area contributed by atoms with Crippen LogP contribution in [0.4, 0.5) is 0 Å². The normalized spacial score (nSPS) is 10.2. The predicted octanol–water partition coefficient (Wildman–Crippen LogP) is 4.31. The van der Waals surface area contributed by atoms with E-state index in [-0.39, 0.29) is 5.91 Å². The molecule has 2 nitrogen and oxygen atoms in total. The smallest absolute Gasteiger partial charge is 0.263 e. The fraction of sp³-hybridized carbons (Fsp3) is 0.364. The highest BCUT2D eigenvalue weighted by Crippen LogP contribution is 2.32. The standard InChI is InChI=1S/C11H13Br2NOS/c1-3-4-5-6-14(2)11(15)9-7-8(12)10(13)16-9/h3,7H,1,4-6H2,2H3. The van der Waals surface area contributed by atoms with Gasteiger partial charge in [0, 0.05) is 18.1 Å². The van der Waals surface area contributed by atoms with Gasteiger partial charge in [0.15, 0.2) is 0 Å². The van der Waals surface area contributed by atoms with Crippen LogP contribution >= 0.6 is 43.2 Å². The van der Waals surface area contributed by atoms with Crippen molar-refractivity contribution in [2.75, 3.05) is 13.6 Å². The van der Waals surface area contributed by atoms with Crippen LogP contribution in [0.25, 0.3) is 0 Å². The maximum Gasteiger partial charge on any atom is 0.263 e. The number of hydrogen-bond acceptors (Lipinski definition) is 2. The average molecular weight is 367 g/mol. The van der Waals surface area contributed by atoms with Gasteiger partial charge >= 0.3 is 0 Å². The Morgan fingerprint density at radius 3 is 2.81 bits per heavy atom. The fourth-order valence-electron chi connectivity index (χ4n) is 1.21. The molecule has 0 aromatic carbocycles. The number of nitrogens with zero attached hydrogens (tertiary/aromatic N) is 1. The van der Waals surface area contributed by atoms with Gasteiger partial charge in [0.2, 0.25) is 0 Å². The largest absolute Gasteiger partial charge is 0.341 e. The average Bonchev–Trinajstić information content (AvgIpc) is 2.58. The maximum absolute atomic E-state index is 12.0. The number of carbonyl (C=O) groups excluding carboxylic acids is 1. The minimum absolute atomic E-state index is 0.0699. The molecule has 5 heteroatoms. The summed E-state index contributed by atoms with van der Waals surface area (Å²) in [5, 5.41) is 0. The van der Waals surface area contributed by atoms with Crippen molar-refractivity contribution in [2.24, 2.45) is 0 Å². The number of thiophene rings is 1. The molecule has 1 amide bonds. The summed E-state index contributed by atoms with van der Waals surface area (Å²) in [6, 6.07) is 1.85. The van der Waals surface area contributed by atoms with Gasteiger partial charge in [0.1, 0.15) is 0 Å². The van der Waals surface area contributed by atoms with Gasteiger partial charge in [-0.3, -0.25) is 4.79 Å². The van der Waals surface area contributed by atoms with Crippen LogP contribution in [0.15, 0.2) is 27.0 Å². The SMILES string of the molecule is C=CCCCN(C)C(=O)c1cc(Br)c(Br)s1. The van der Waals surface area contributed by atoms with Crippen LogP contribution < -0.4 is 0 Å². The lowest BCUT2D eigenvalue weighted by Gasteiger charge is -2.15. The number of allylic oxidation sites excluding steroid dienone is 1. The molecule has 0 bridgehead atoms. The molecule has 1 rings (SSSR count). The second-order valence-corrected chi connectivity index (χ2v) is 6.61.